The predicted octanol–water partition coefficient (Wildman–Crippen LogP) is 1.29. The highest BCUT2D eigenvalue weighted by atomic mass is 16.4. The smallest absolute Gasteiger partial charge is 0.317 e. The molecular formula is C11H20N2O3. The molecule has 0 saturated heterocycles. The van der Waals surface area contributed by atoms with Crippen molar-refractivity contribution in [2.24, 2.45) is 5.92 Å². The van der Waals surface area contributed by atoms with Crippen LogP contribution in [0.5, 0.6) is 0 Å². The molecule has 0 aromatic rings. The van der Waals surface area contributed by atoms with Gasteiger partial charge in [0.15, 0.2) is 0 Å². The van der Waals surface area contributed by atoms with Crippen molar-refractivity contribution in [1.29, 1.82) is 0 Å². The van der Waals surface area contributed by atoms with Crippen molar-refractivity contribution in [2.45, 2.75) is 32.1 Å². The molecule has 1 aliphatic carbocycles. The van der Waals surface area contributed by atoms with Gasteiger partial charge in [0.1, 0.15) is 0 Å². The van der Waals surface area contributed by atoms with Crippen molar-refractivity contribution < 1.29 is 14.7 Å². The number of carboxylic acids is 1. The van der Waals surface area contributed by atoms with Crippen LogP contribution < -0.4 is 5.32 Å². The van der Waals surface area contributed by atoms with Crippen molar-refractivity contribution in [3.05, 3.63) is 0 Å². The second-order valence-electron chi connectivity index (χ2n) is 4.41. The van der Waals surface area contributed by atoms with E-state index in [1.54, 1.807) is 11.9 Å². The van der Waals surface area contributed by atoms with Crippen LogP contribution in [0.2, 0.25) is 0 Å². The first-order valence-corrected chi connectivity index (χ1v) is 5.80. The number of rotatable bonds is 7. The normalized spacial score (nSPS) is 14.6. The number of carbonyl (C=O) groups excluding carboxylic acids is 1. The van der Waals surface area contributed by atoms with Crippen molar-refractivity contribution in [3.8, 4) is 0 Å². The molecule has 0 radical (unpaired) electrons. The van der Waals surface area contributed by atoms with Crippen molar-refractivity contribution in [3.63, 3.8) is 0 Å². The van der Waals surface area contributed by atoms with E-state index in [9.17, 15) is 9.59 Å². The fourth-order valence-corrected chi connectivity index (χ4v) is 1.50. The number of hydrogen-bond donors (Lipinski definition) is 2. The van der Waals surface area contributed by atoms with Crippen LogP contribution in [0.1, 0.15) is 32.1 Å². The molecule has 92 valence electrons. The van der Waals surface area contributed by atoms with E-state index in [2.05, 4.69) is 5.32 Å². The summed E-state index contributed by atoms with van der Waals surface area (Å²) in [5.74, 6) is -0.0834. The molecule has 1 rings (SSSR count). The monoisotopic (exact) mass is 228 g/mol. The van der Waals surface area contributed by atoms with Crippen LogP contribution in [-0.2, 0) is 4.79 Å². The van der Waals surface area contributed by atoms with Crippen LogP contribution in [0.4, 0.5) is 4.79 Å². The Balaban J connectivity index is 1.98. The topological polar surface area (TPSA) is 69.6 Å². The highest BCUT2D eigenvalue weighted by Crippen LogP contribution is 2.29. The van der Waals surface area contributed by atoms with E-state index < -0.39 is 5.97 Å². The molecule has 1 fully saturated rings. The molecule has 0 aliphatic heterocycles. The molecule has 0 spiro atoms. The van der Waals surface area contributed by atoms with E-state index in [1.165, 1.54) is 12.8 Å². The molecule has 2 N–H and O–H groups in total. The number of urea groups is 1. The molecule has 0 atom stereocenters. The maximum atomic E-state index is 11.5. The van der Waals surface area contributed by atoms with Crippen LogP contribution in [-0.4, -0.2) is 42.1 Å². The maximum absolute atomic E-state index is 11.5. The van der Waals surface area contributed by atoms with Gasteiger partial charge in [0.05, 0.1) is 0 Å². The molecule has 0 bridgehead atoms. The summed E-state index contributed by atoms with van der Waals surface area (Å²) in [6.07, 6.45) is 3.97. The van der Waals surface area contributed by atoms with Crippen molar-refractivity contribution in [2.75, 3.05) is 20.1 Å². The number of carboxylic acid groups (broad SMARTS) is 1. The van der Waals surface area contributed by atoms with Gasteiger partial charge >= 0.3 is 12.0 Å². The average molecular weight is 228 g/mol. The number of nitrogens with one attached hydrogen (secondary N) is 1. The van der Waals surface area contributed by atoms with Gasteiger partial charge in [0.25, 0.3) is 0 Å². The third-order valence-corrected chi connectivity index (χ3v) is 2.67. The Morgan fingerprint density at radius 3 is 2.62 bits per heavy atom. The molecular weight excluding hydrogens is 208 g/mol. The first-order valence-electron chi connectivity index (χ1n) is 5.80. The Bertz CT molecular complexity index is 252. The summed E-state index contributed by atoms with van der Waals surface area (Å²) in [6, 6.07) is -0.0535. The number of hydrogen-bond acceptors (Lipinski definition) is 2. The molecule has 0 heterocycles. The number of aliphatic carboxylic acids is 1. The van der Waals surface area contributed by atoms with Crippen molar-refractivity contribution in [1.82, 2.24) is 10.2 Å². The Kier molecular flexibility index (Phi) is 5.08. The zero-order chi connectivity index (χ0) is 12.0. The zero-order valence-electron chi connectivity index (χ0n) is 9.74. The molecule has 1 saturated carbocycles. The van der Waals surface area contributed by atoms with Crippen molar-refractivity contribution >= 4 is 12.0 Å². The Labute approximate surface area is 95.8 Å². The third kappa shape index (κ3) is 5.58. The van der Waals surface area contributed by atoms with E-state index in [4.69, 9.17) is 5.11 Å². The lowest BCUT2D eigenvalue weighted by atomic mass is 10.2. The largest absolute Gasteiger partial charge is 0.481 e. The molecule has 0 aromatic heterocycles. The van der Waals surface area contributed by atoms with Crippen LogP contribution in [0.25, 0.3) is 0 Å². The minimum Gasteiger partial charge on any atom is -0.481 e. The maximum Gasteiger partial charge on any atom is 0.317 e. The van der Waals surface area contributed by atoms with Crippen LogP contribution in [0.3, 0.4) is 0 Å². The molecule has 0 unspecified atom stereocenters. The first kappa shape index (κ1) is 12.8. The Hall–Kier alpha value is -1.26. The number of unbranched alkanes of at least 4 members (excludes halogenated alkanes) is 1. The fraction of sp³-hybridized carbons (Fsp3) is 0.818. The third-order valence-electron chi connectivity index (χ3n) is 2.67. The molecule has 5 nitrogen and oxygen atoms in total. The molecule has 5 heteroatoms. The summed E-state index contributed by atoms with van der Waals surface area (Å²) in [5, 5.41) is 11.2. The highest BCUT2D eigenvalue weighted by molar-refractivity contribution is 5.73. The van der Waals surface area contributed by atoms with Crippen LogP contribution >= 0.6 is 0 Å². The summed E-state index contributed by atoms with van der Waals surface area (Å²) in [7, 11) is 1.80. The lowest BCUT2D eigenvalue weighted by Crippen LogP contribution is -2.38. The van der Waals surface area contributed by atoms with E-state index in [0.29, 0.717) is 18.9 Å². The second-order valence-corrected chi connectivity index (χ2v) is 4.41. The fourth-order valence-electron chi connectivity index (χ4n) is 1.50. The molecule has 0 aromatic carbocycles. The predicted molar refractivity (Wildman–Crippen MR) is 60.2 cm³/mol. The summed E-state index contributed by atoms with van der Waals surface area (Å²) in [5.41, 5.74) is 0. The molecule has 16 heavy (non-hydrogen) atoms. The van der Waals surface area contributed by atoms with Gasteiger partial charge in [-0.3, -0.25) is 4.79 Å². The van der Waals surface area contributed by atoms with E-state index in [0.717, 1.165) is 13.0 Å². The SMILES string of the molecule is CN(CC1CC1)C(=O)NCCCCC(=O)O. The molecule has 1 aliphatic rings. The minimum absolute atomic E-state index is 0.0535. The Morgan fingerprint density at radius 2 is 2.06 bits per heavy atom. The van der Waals surface area contributed by atoms with E-state index in [1.807, 2.05) is 0 Å². The van der Waals surface area contributed by atoms with E-state index >= 15 is 0 Å². The van der Waals surface area contributed by atoms with Gasteiger partial charge in [-0.05, 0) is 31.6 Å². The van der Waals surface area contributed by atoms with Gasteiger partial charge in [0.2, 0.25) is 0 Å². The van der Waals surface area contributed by atoms with Gasteiger partial charge in [-0.25, -0.2) is 4.79 Å². The minimum atomic E-state index is -0.780. The summed E-state index contributed by atoms with van der Waals surface area (Å²) < 4.78 is 0. The van der Waals surface area contributed by atoms with Crippen LogP contribution in [0, 0.1) is 5.92 Å². The van der Waals surface area contributed by atoms with Crippen LogP contribution in [0.15, 0.2) is 0 Å². The lowest BCUT2D eigenvalue weighted by Gasteiger charge is -2.17. The standard InChI is InChI=1S/C11H20N2O3/c1-13(8-9-5-6-9)11(16)12-7-3-2-4-10(14)15/h9H,2-8H2,1H3,(H,12,16)(H,14,15). The van der Waals surface area contributed by atoms with E-state index in [-0.39, 0.29) is 12.5 Å². The second kappa shape index (κ2) is 6.35. The number of nitrogens with zero attached hydrogens (tertiary/aromatic N) is 1. The summed E-state index contributed by atoms with van der Waals surface area (Å²) in [4.78, 5) is 23.4. The average Bonchev–Trinajstić information content (AvgIpc) is 3.00. The van der Waals surface area contributed by atoms with Gasteiger partial charge in [-0.1, -0.05) is 0 Å². The van der Waals surface area contributed by atoms with Gasteiger partial charge in [-0.2, -0.15) is 0 Å². The summed E-state index contributed by atoms with van der Waals surface area (Å²) in [6.45, 7) is 1.39. The van der Waals surface area contributed by atoms with Gasteiger partial charge < -0.3 is 15.3 Å². The quantitative estimate of drug-likeness (QED) is 0.645. The number of amides is 2. The highest BCUT2D eigenvalue weighted by Gasteiger charge is 2.24. The lowest BCUT2D eigenvalue weighted by molar-refractivity contribution is -0.137. The summed E-state index contributed by atoms with van der Waals surface area (Å²) >= 11 is 0. The zero-order valence-corrected chi connectivity index (χ0v) is 9.74. The molecule has 2 amide bonds. The first-order chi connectivity index (χ1) is 7.59. The Morgan fingerprint density at radius 1 is 1.38 bits per heavy atom. The number of carbonyl (C=O) groups is 2. The van der Waals surface area contributed by atoms with Gasteiger partial charge in [-0.15, -0.1) is 0 Å². The van der Waals surface area contributed by atoms with Gasteiger partial charge in [0, 0.05) is 26.6 Å².